The lowest BCUT2D eigenvalue weighted by Crippen LogP contribution is -2.40. The summed E-state index contributed by atoms with van der Waals surface area (Å²) in [7, 11) is 0. The minimum atomic E-state index is 0.0749. The fourth-order valence-electron chi connectivity index (χ4n) is 2.08. The van der Waals surface area contributed by atoms with Gasteiger partial charge in [-0.15, -0.1) is 11.6 Å². The second-order valence-electron chi connectivity index (χ2n) is 4.47. The van der Waals surface area contributed by atoms with Gasteiger partial charge < -0.3 is 4.90 Å². The number of aryl methyl sites for hydroxylation is 1. The zero-order valence-electron chi connectivity index (χ0n) is 9.75. The van der Waals surface area contributed by atoms with Gasteiger partial charge in [0, 0.05) is 17.6 Å². The van der Waals surface area contributed by atoms with E-state index in [-0.39, 0.29) is 11.3 Å². The molecule has 2 rings (SSSR count). The Morgan fingerprint density at radius 1 is 1.53 bits per heavy atom. The summed E-state index contributed by atoms with van der Waals surface area (Å²) in [6, 6.07) is 5.83. The van der Waals surface area contributed by atoms with E-state index in [0.717, 1.165) is 35.0 Å². The molecular formula is C13H15BrClNO. The van der Waals surface area contributed by atoms with Crippen molar-refractivity contribution in [2.75, 3.05) is 13.1 Å². The molecule has 1 amide bonds. The third kappa shape index (κ3) is 3.02. The van der Waals surface area contributed by atoms with E-state index >= 15 is 0 Å². The number of piperidine rings is 1. The number of carbonyl (C=O) groups is 1. The lowest BCUT2D eigenvalue weighted by Gasteiger charge is -2.30. The Morgan fingerprint density at radius 2 is 2.29 bits per heavy atom. The van der Waals surface area contributed by atoms with Crippen molar-refractivity contribution in [3.05, 3.63) is 33.8 Å². The monoisotopic (exact) mass is 315 g/mol. The highest BCUT2D eigenvalue weighted by atomic mass is 79.9. The van der Waals surface area contributed by atoms with Crippen LogP contribution in [-0.4, -0.2) is 29.3 Å². The lowest BCUT2D eigenvalue weighted by molar-refractivity contribution is 0.0726. The predicted octanol–water partition coefficient (Wildman–Crippen LogP) is 3.60. The van der Waals surface area contributed by atoms with Gasteiger partial charge in [-0.25, -0.2) is 0 Å². The van der Waals surface area contributed by atoms with Gasteiger partial charge in [-0.3, -0.25) is 4.79 Å². The summed E-state index contributed by atoms with van der Waals surface area (Å²) >= 11 is 9.54. The van der Waals surface area contributed by atoms with E-state index in [9.17, 15) is 4.79 Å². The van der Waals surface area contributed by atoms with E-state index in [1.807, 2.05) is 30.0 Å². The fourth-order valence-corrected chi connectivity index (χ4v) is 2.82. The van der Waals surface area contributed by atoms with Gasteiger partial charge in [0.05, 0.1) is 10.9 Å². The molecule has 1 aliphatic rings. The highest BCUT2D eigenvalue weighted by Gasteiger charge is 2.24. The van der Waals surface area contributed by atoms with Gasteiger partial charge in [0.15, 0.2) is 0 Å². The quantitative estimate of drug-likeness (QED) is 0.725. The molecule has 1 unspecified atom stereocenters. The van der Waals surface area contributed by atoms with Crippen LogP contribution in [0.25, 0.3) is 0 Å². The fraction of sp³-hybridized carbons (Fsp3) is 0.462. The molecule has 0 bridgehead atoms. The van der Waals surface area contributed by atoms with Crippen LogP contribution < -0.4 is 0 Å². The molecule has 1 aromatic carbocycles. The van der Waals surface area contributed by atoms with Crippen molar-refractivity contribution in [1.29, 1.82) is 0 Å². The SMILES string of the molecule is Cc1ccc(Br)c(C(=O)N2CCCC(Cl)C2)c1. The summed E-state index contributed by atoms with van der Waals surface area (Å²) in [6.45, 7) is 3.45. The third-order valence-corrected chi connectivity index (χ3v) is 4.05. The molecule has 1 saturated heterocycles. The average Bonchev–Trinajstić information content (AvgIpc) is 2.31. The van der Waals surface area contributed by atoms with Crippen LogP contribution in [0.15, 0.2) is 22.7 Å². The molecule has 92 valence electrons. The van der Waals surface area contributed by atoms with Crippen molar-refractivity contribution >= 4 is 33.4 Å². The van der Waals surface area contributed by atoms with E-state index in [0.29, 0.717) is 6.54 Å². The summed E-state index contributed by atoms with van der Waals surface area (Å²) in [5.74, 6) is 0.0749. The minimum absolute atomic E-state index is 0.0749. The first-order valence-electron chi connectivity index (χ1n) is 5.77. The van der Waals surface area contributed by atoms with Crippen LogP contribution in [0.5, 0.6) is 0 Å². The predicted molar refractivity (Wildman–Crippen MR) is 73.7 cm³/mol. The van der Waals surface area contributed by atoms with Gasteiger partial charge in [-0.2, -0.15) is 0 Å². The molecule has 1 aromatic rings. The average molecular weight is 317 g/mol. The second-order valence-corrected chi connectivity index (χ2v) is 5.95. The number of amides is 1. The Labute approximate surface area is 115 Å². The molecule has 0 aliphatic carbocycles. The minimum Gasteiger partial charge on any atom is -0.337 e. The largest absolute Gasteiger partial charge is 0.337 e. The second kappa shape index (κ2) is 5.40. The van der Waals surface area contributed by atoms with Crippen molar-refractivity contribution in [1.82, 2.24) is 4.90 Å². The van der Waals surface area contributed by atoms with E-state index in [2.05, 4.69) is 15.9 Å². The van der Waals surface area contributed by atoms with Crippen molar-refractivity contribution in [3.8, 4) is 0 Å². The number of alkyl halides is 1. The van der Waals surface area contributed by atoms with Crippen LogP contribution in [0, 0.1) is 6.92 Å². The normalized spacial score (nSPS) is 20.4. The summed E-state index contributed by atoms with van der Waals surface area (Å²) in [5.41, 5.74) is 1.83. The molecule has 17 heavy (non-hydrogen) atoms. The van der Waals surface area contributed by atoms with E-state index in [1.54, 1.807) is 0 Å². The number of hydrogen-bond donors (Lipinski definition) is 0. The summed E-state index contributed by atoms with van der Waals surface area (Å²) < 4.78 is 0.852. The maximum absolute atomic E-state index is 12.4. The number of rotatable bonds is 1. The molecule has 2 nitrogen and oxygen atoms in total. The van der Waals surface area contributed by atoms with Gasteiger partial charge >= 0.3 is 0 Å². The Morgan fingerprint density at radius 3 is 3.00 bits per heavy atom. The zero-order valence-corrected chi connectivity index (χ0v) is 12.1. The maximum atomic E-state index is 12.4. The van der Waals surface area contributed by atoms with E-state index < -0.39 is 0 Å². The third-order valence-electron chi connectivity index (χ3n) is 3.00. The van der Waals surface area contributed by atoms with Gasteiger partial charge in [0.25, 0.3) is 5.91 Å². The molecular weight excluding hydrogens is 302 g/mol. The molecule has 1 atom stereocenters. The van der Waals surface area contributed by atoms with Gasteiger partial charge in [0.1, 0.15) is 0 Å². The standard InChI is InChI=1S/C13H15BrClNO/c1-9-4-5-12(14)11(7-9)13(17)16-6-2-3-10(15)8-16/h4-5,7,10H,2-3,6,8H2,1H3. The molecule has 1 fully saturated rings. The Balaban J connectivity index is 2.21. The first-order chi connectivity index (χ1) is 8.08. The molecule has 0 radical (unpaired) electrons. The maximum Gasteiger partial charge on any atom is 0.255 e. The Hall–Kier alpha value is -0.540. The highest BCUT2D eigenvalue weighted by molar-refractivity contribution is 9.10. The van der Waals surface area contributed by atoms with Crippen molar-refractivity contribution in [3.63, 3.8) is 0 Å². The molecule has 4 heteroatoms. The number of hydrogen-bond acceptors (Lipinski definition) is 1. The number of carbonyl (C=O) groups excluding carboxylic acids is 1. The molecule has 1 aliphatic heterocycles. The Kier molecular flexibility index (Phi) is 4.10. The molecule has 1 heterocycles. The van der Waals surface area contributed by atoms with Crippen LogP contribution in [0.2, 0.25) is 0 Å². The van der Waals surface area contributed by atoms with Crippen LogP contribution in [0.1, 0.15) is 28.8 Å². The lowest BCUT2D eigenvalue weighted by atomic mass is 10.1. The van der Waals surface area contributed by atoms with Crippen molar-refractivity contribution in [2.45, 2.75) is 25.1 Å². The van der Waals surface area contributed by atoms with Crippen LogP contribution >= 0.6 is 27.5 Å². The number of halogens is 2. The van der Waals surface area contributed by atoms with E-state index in [4.69, 9.17) is 11.6 Å². The number of likely N-dealkylation sites (tertiary alicyclic amines) is 1. The smallest absolute Gasteiger partial charge is 0.255 e. The zero-order chi connectivity index (χ0) is 12.4. The molecule has 0 N–H and O–H groups in total. The van der Waals surface area contributed by atoms with Crippen LogP contribution in [0.4, 0.5) is 0 Å². The van der Waals surface area contributed by atoms with Gasteiger partial charge in [0.2, 0.25) is 0 Å². The topological polar surface area (TPSA) is 20.3 Å². The van der Waals surface area contributed by atoms with Crippen LogP contribution in [-0.2, 0) is 0 Å². The van der Waals surface area contributed by atoms with Crippen LogP contribution in [0.3, 0.4) is 0 Å². The Bertz CT molecular complexity index is 435. The first kappa shape index (κ1) is 12.9. The number of nitrogens with zero attached hydrogens (tertiary/aromatic N) is 1. The van der Waals surface area contributed by atoms with E-state index in [1.165, 1.54) is 0 Å². The number of benzene rings is 1. The first-order valence-corrected chi connectivity index (χ1v) is 7.00. The van der Waals surface area contributed by atoms with Gasteiger partial charge in [-0.1, -0.05) is 11.6 Å². The molecule has 0 saturated carbocycles. The summed E-state index contributed by atoms with van der Waals surface area (Å²) in [5, 5.41) is 0.0938. The summed E-state index contributed by atoms with van der Waals surface area (Å²) in [4.78, 5) is 14.2. The van der Waals surface area contributed by atoms with Gasteiger partial charge in [-0.05, 0) is 47.8 Å². The van der Waals surface area contributed by atoms with Crippen molar-refractivity contribution < 1.29 is 4.79 Å². The summed E-state index contributed by atoms with van der Waals surface area (Å²) in [6.07, 6.45) is 1.99. The molecule has 0 spiro atoms. The highest BCUT2D eigenvalue weighted by Crippen LogP contribution is 2.23. The molecule has 0 aromatic heterocycles. The van der Waals surface area contributed by atoms with Crippen molar-refractivity contribution in [2.24, 2.45) is 0 Å².